The highest BCUT2D eigenvalue weighted by Gasteiger charge is 2.41. The number of hydrogen-bond acceptors (Lipinski definition) is 6. The molecule has 0 aromatic rings. The highest BCUT2D eigenvalue weighted by Crippen LogP contribution is 2.30. The number of fused-ring (bicyclic) bond motifs is 2. The zero-order valence-corrected chi connectivity index (χ0v) is 10.1. The lowest BCUT2D eigenvalue weighted by Crippen LogP contribution is -2.18. The molecule has 0 aromatic carbocycles. The van der Waals surface area contributed by atoms with Crippen molar-refractivity contribution in [1.82, 2.24) is 0 Å². The molecule has 0 saturated carbocycles. The molecule has 118 valence electrons. The van der Waals surface area contributed by atoms with Crippen molar-refractivity contribution in [3.8, 4) is 0 Å². The number of aliphatic hydroxyl groups excluding tert-OH is 1. The van der Waals surface area contributed by atoms with Gasteiger partial charge in [-0.05, 0) is 12.8 Å². The summed E-state index contributed by atoms with van der Waals surface area (Å²) < 4.78 is 20.4. The quantitative estimate of drug-likeness (QED) is 0.716. The third-order valence-corrected chi connectivity index (χ3v) is 3.85. The van der Waals surface area contributed by atoms with Crippen LogP contribution < -0.4 is 0 Å². The van der Waals surface area contributed by atoms with Crippen LogP contribution in [0, 0.1) is 11.8 Å². The third-order valence-electron chi connectivity index (χ3n) is 3.85. The predicted molar refractivity (Wildman–Crippen MR) is 72.1 cm³/mol. The van der Waals surface area contributed by atoms with Crippen molar-refractivity contribution in [2.24, 2.45) is 11.8 Å². The fraction of sp³-hybridized carbons (Fsp3) is 0.929. The van der Waals surface area contributed by atoms with Gasteiger partial charge in [0.2, 0.25) is 0 Å². The smallest absolute Gasteiger partial charge is 0.168 e. The molecule has 5 atom stereocenters. The van der Waals surface area contributed by atoms with E-state index in [-0.39, 0.29) is 57.8 Å². The molecule has 6 nitrogen and oxygen atoms in total. The van der Waals surface area contributed by atoms with Gasteiger partial charge in [0.1, 0.15) is 6.61 Å². The monoisotopic (exact) mass is 290 g/mol. The van der Waals surface area contributed by atoms with E-state index in [1.165, 1.54) is 0 Å². The summed E-state index contributed by atoms with van der Waals surface area (Å²) in [5, 5.41) is 9.19. The summed E-state index contributed by atoms with van der Waals surface area (Å²) in [6.45, 7) is 2.14. The minimum absolute atomic E-state index is 0. The first-order chi connectivity index (χ1) is 8.75. The lowest BCUT2D eigenvalue weighted by Gasteiger charge is -2.06. The fourth-order valence-corrected chi connectivity index (χ4v) is 2.75. The van der Waals surface area contributed by atoms with Crippen LogP contribution in [0.1, 0.15) is 27.7 Å². The number of hydrogen-bond donors (Lipinski definition) is 1. The molecule has 6 heteroatoms. The Morgan fingerprint density at radius 1 is 0.950 bits per heavy atom. The predicted octanol–water partition coefficient (Wildman–Crippen LogP) is 0.961. The Morgan fingerprint density at radius 3 is 2.35 bits per heavy atom. The van der Waals surface area contributed by atoms with Gasteiger partial charge in [0.05, 0.1) is 31.8 Å². The van der Waals surface area contributed by atoms with Crippen molar-refractivity contribution >= 4 is 5.78 Å². The second kappa shape index (κ2) is 7.47. The zero-order valence-electron chi connectivity index (χ0n) is 10.1. The van der Waals surface area contributed by atoms with Crippen molar-refractivity contribution in [2.75, 3.05) is 26.4 Å². The Kier molecular flexibility index (Phi) is 6.54. The van der Waals surface area contributed by atoms with E-state index >= 15 is 0 Å². The van der Waals surface area contributed by atoms with Crippen LogP contribution in [0.2, 0.25) is 0 Å². The highest BCUT2D eigenvalue weighted by molar-refractivity contribution is 5.84. The molecule has 0 amide bonds. The fourth-order valence-electron chi connectivity index (χ4n) is 2.75. The average molecular weight is 290 g/mol. The molecule has 20 heavy (non-hydrogen) atoms. The van der Waals surface area contributed by atoms with Gasteiger partial charge >= 0.3 is 0 Å². The molecule has 0 bridgehead atoms. The van der Waals surface area contributed by atoms with E-state index in [2.05, 4.69) is 0 Å². The Hall–Kier alpha value is -0.530. The minimum atomic E-state index is -0.280. The van der Waals surface area contributed by atoms with Gasteiger partial charge in [0.25, 0.3) is 0 Å². The largest absolute Gasteiger partial charge is 0.390 e. The molecule has 0 aromatic heterocycles. The molecule has 0 aliphatic carbocycles. The van der Waals surface area contributed by atoms with Crippen molar-refractivity contribution < 1.29 is 28.8 Å². The molecule has 4 rings (SSSR count). The number of carbonyl (C=O) groups is 1. The van der Waals surface area contributed by atoms with Gasteiger partial charge in [-0.3, -0.25) is 4.79 Å². The van der Waals surface area contributed by atoms with Crippen molar-refractivity contribution in [3.05, 3.63) is 0 Å². The lowest BCUT2D eigenvalue weighted by molar-refractivity contribution is -0.120. The van der Waals surface area contributed by atoms with Crippen LogP contribution in [0.15, 0.2) is 0 Å². The molecule has 4 aliphatic rings. The normalized spacial score (nSPS) is 41.0. The third kappa shape index (κ3) is 3.38. The van der Waals surface area contributed by atoms with Crippen molar-refractivity contribution in [1.29, 1.82) is 0 Å². The first-order valence-corrected chi connectivity index (χ1v) is 6.43. The van der Waals surface area contributed by atoms with E-state index in [1.807, 2.05) is 0 Å². The Morgan fingerprint density at radius 2 is 1.65 bits per heavy atom. The minimum Gasteiger partial charge on any atom is -0.390 e. The Bertz CT molecular complexity index is 321. The van der Waals surface area contributed by atoms with E-state index in [0.717, 1.165) is 19.4 Å². The van der Waals surface area contributed by atoms with Gasteiger partial charge in [-0.2, -0.15) is 0 Å². The van der Waals surface area contributed by atoms with E-state index < -0.39 is 0 Å². The molecule has 4 heterocycles. The highest BCUT2D eigenvalue weighted by atomic mass is 16.7. The van der Waals surface area contributed by atoms with Crippen molar-refractivity contribution in [3.63, 3.8) is 0 Å². The van der Waals surface area contributed by atoms with Crippen LogP contribution >= 0.6 is 0 Å². The van der Waals surface area contributed by atoms with Crippen LogP contribution in [0.5, 0.6) is 0 Å². The number of carbonyl (C=O) groups excluding carboxylic acids is 1. The number of aliphatic hydroxyl groups is 1. The molecule has 4 fully saturated rings. The van der Waals surface area contributed by atoms with Crippen LogP contribution in [-0.4, -0.2) is 56.0 Å². The standard InChI is InChI=1S/C6H10O3.C6H8O3.2CH4/c2*7-5-3-9-6-4(5)1-2-8-6;;/h4-7H,1-3H2;4,6H,1-3H2;2*1H4/t4-,5-,6+;;;/m0.../s1. The van der Waals surface area contributed by atoms with Gasteiger partial charge in [-0.25, -0.2) is 0 Å². The second-order valence-corrected chi connectivity index (χ2v) is 5.00. The Balaban J connectivity index is 0.000000182. The van der Waals surface area contributed by atoms with E-state index in [0.29, 0.717) is 13.2 Å². The van der Waals surface area contributed by atoms with Gasteiger partial charge in [-0.1, -0.05) is 14.9 Å². The molecular formula is C14H26O6. The van der Waals surface area contributed by atoms with E-state index in [1.54, 1.807) is 0 Å². The average Bonchev–Trinajstić information content (AvgIpc) is 3.06. The van der Waals surface area contributed by atoms with E-state index in [9.17, 15) is 9.90 Å². The molecule has 2 unspecified atom stereocenters. The maximum atomic E-state index is 10.9. The van der Waals surface area contributed by atoms with Gasteiger partial charge in [0.15, 0.2) is 18.4 Å². The Labute approximate surface area is 120 Å². The van der Waals surface area contributed by atoms with Crippen LogP contribution in [-0.2, 0) is 23.7 Å². The summed E-state index contributed by atoms with van der Waals surface area (Å²) in [6, 6.07) is 0. The summed E-state index contributed by atoms with van der Waals surface area (Å²) >= 11 is 0. The van der Waals surface area contributed by atoms with Crippen LogP contribution in [0.4, 0.5) is 0 Å². The topological polar surface area (TPSA) is 74.2 Å². The molecule has 0 spiro atoms. The van der Waals surface area contributed by atoms with Crippen LogP contribution in [0.25, 0.3) is 0 Å². The van der Waals surface area contributed by atoms with Gasteiger partial charge in [-0.15, -0.1) is 0 Å². The summed E-state index contributed by atoms with van der Waals surface area (Å²) in [5.74, 6) is 0.521. The van der Waals surface area contributed by atoms with E-state index in [4.69, 9.17) is 18.9 Å². The summed E-state index contributed by atoms with van der Waals surface area (Å²) in [6.07, 6.45) is 1.23. The second-order valence-electron chi connectivity index (χ2n) is 5.00. The lowest BCUT2D eigenvalue weighted by atomic mass is 10.0. The maximum absolute atomic E-state index is 10.9. The number of ether oxygens (including phenoxy) is 4. The maximum Gasteiger partial charge on any atom is 0.168 e. The molecule has 4 saturated heterocycles. The SMILES string of the molecule is C.C.O=C1COC2OCCC12.O[C@H]1CO[C@H]2OCC[C@H]21. The molecule has 1 N–H and O–H groups in total. The number of Topliss-reactive ketones (excluding diaryl/α,β-unsaturated/α-hetero) is 1. The summed E-state index contributed by atoms with van der Waals surface area (Å²) in [5.41, 5.74) is 0. The number of ketones is 1. The van der Waals surface area contributed by atoms with Crippen LogP contribution in [0.3, 0.4) is 0 Å². The summed E-state index contributed by atoms with van der Waals surface area (Å²) in [4.78, 5) is 10.9. The van der Waals surface area contributed by atoms with Gasteiger partial charge in [0, 0.05) is 5.92 Å². The zero-order chi connectivity index (χ0) is 12.5. The van der Waals surface area contributed by atoms with Gasteiger partial charge < -0.3 is 24.1 Å². The van der Waals surface area contributed by atoms with Crippen molar-refractivity contribution in [2.45, 2.75) is 46.4 Å². The molecular weight excluding hydrogens is 264 g/mol. The summed E-state index contributed by atoms with van der Waals surface area (Å²) in [7, 11) is 0. The number of rotatable bonds is 0. The molecule has 0 radical (unpaired) electrons. The molecule has 4 aliphatic heterocycles. The first-order valence-electron chi connectivity index (χ1n) is 6.43. The first kappa shape index (κ1) is 17.5.